The first kappa shape index (κ1) is 18.2. The van der Waals surface area contributed by atoms with Gasteiger partial charge in [-0.05, 0) is 46.5 Å². The van der Waals surface area contributed by atoms with Crippen molar-refractivity contribution in [3.63, 3.8) is 0 Å². The molecule has 4 unspecified atom stereocenters. The van der Waals surface area contributed by atoms with Gasteiger partial charge in [0.25, 0.3) is 0 Å². The highest BCUT2D eigenvalue weighted by Crippen LogP contribution is 2.25. The average Bonchev–Trinajstić information content (AvgIpc) is 2.80. The molecule has 6 heteroatoms. The zero-order chi connectivity index (χ0) is 16.0. The largest absolute Gasteiger partial charge is 0.444 e. The standard InChI is InChI=1S/C15H31N3O3/c1-10(17-14(20)21-15(2,3)4)13(8-16)18-12-7-5-6-11(12)9-19/h10-13,18-19H,5-9,16H2,1-4H3,(H,17,20). The Labute approximate surface area is 127 Å². The fourth-order valence-corrected chi connectivity index (χ4v) is 2.76. The number of amides is 1. The first-order valence-corrected chi connectivity index (χ1v) is 7.83. The molecule has 0 saturated heterocycles. The molecule has 5 N–H and O–H groups in total. The lowest BCUT2D eigenvalue weighted by atomic mass is 10.0. The van der Waals surface area contributed by atoms with Crippen molar-refractivity contribution in [1.82, 2.24) is 10.6 Å². The fraction of sp³-hybridized carbons (Fsp3) is 0.933. The quantitative estimate of drug-likeness (QED) is 0.586. The van der Waals surface area contributed by atoms with Gasteiger partial charge in [-0.3, -0.25) is 0 Å². The molecule has 0 aromatic carbocycles. The van der Waals surface area contributed by atoms with Gasteiger partial charge in [0.1, 0.15) is 5.60 Å². The summed E-state index contributed by atoms with van der Waals surface area (Å²) in [5, 5.41) is 15.7. The number of rotatable bonds is 6. The third kappa shape index (κ3) is 6.20. The van der Waals surface area contributed by atoms with Crippen LogP contribution in [0.25, 0.3) is 0 Å². The van der Waals surface area contributed by atoms with Gasteiger partial charge in [-0.15, -0.1) is 0 Å². The van der Waals surface area contributed by atoms with E-state index in [1.807, 2.05) is 27.7 Å². The second kappa shape index (κ2) is 7.96. The highest BCUT2D eigenvalue weighted by Gasteiger charge is 2.30. The number of aliphatic hydroxyl groups is 1. The fourth-order valence-electron chi connectivity index (χ4n) is 2.76. The molecule has 1 amide bonds. The molecule has 0 aromatic heterocycles. The smallest absolute Gasteiger partial charge is 0.407 e. The topological polar surface area (TPSA) is 96.6 Å². The number of alkyl carbamates (subject to hydrolysis) is 1. The number of ether oxygens (including phenoxy) is 1. The summed E-state index contributed by atoms with van der Waals surface area (Å²) < 4.78 is 5.26. The Bertz CT molecular complexity index is 331. The average molecular weight is 301 g/mol. The van der Waals surface area contributed by atoms with Crippen LogP contribution in [-0.4, -0.2) is 48.1 Å². The van der Waals surface area contributed by atoms with Gasteiger partial charge in [-0.25, -0.2) is 4.79 Å². The Balaban J connectivity index is 2.49. The van der Waals surface area contributed by atoms with Crippen LogP contribution in [0.4, 0.5) is 4.79 Å². The predicted molar refractivity (Wildman–Crippen MR) is 83.0 cm³/mol. The van der Waals surface area contributed by atoms with Crippen molar-refractivity contribution >= 4 is 6.09 Å². The van der Waals surface area contributed by atoms with Crippen molar-refractivity contribution in [2.75, 3.05) is 13.2 Å². The first-order valence-electron chi connectivity index (χ1n) is 7.83. The lowest BCUT2D eigenvalue weighted by molar-refractivity contribution is 0.0495. The summed E-state index contributed by atoms with van der Waals surface area (Å²) in [6.45, 7) is 8.03. The van der Waals surface area contributed by atoms with Crippen molar-refractivity contribution in [1.29, 1.82) is 0 Å². The van der Waals surface area contributed by atoms with E-state index in [0.29, 0.717) is 6.54 Å². The van der Waals surface area contributed by atoms with E-state index in [1.54, 1.807) is 0 Å². The number of nitrogens with two attached hydrogens (primary N) is 1. The molecule has 0 radical (unpaired) electrons. The van der Waals surface area contributed by atoms with Gasteiger partial charge < -0.3 is 26.2 Å². The molecular formula is C15H31N3O3. The minimum atomic E-state index is -0.511. The van der Waals surface area contributed by atoms with E-state index >= 15 is 0 Å². The third-order valence-electron chi connectivity index (χ3n) is 3.92. The Hall–Kier alpha value is -0.850. The van der Waals surface area contributed by atoms with Crippen LogP contribution < -0.4 is 16.4 Å². The monoisotopic (exact) mass is 301 g/mol. The molecule has 0 heterocycles. The molecule has 4 atom stereocenters. The lowest BCUT2D eigenvalue weighted by Gasteiger charge is -2.31. The summed E-state index contributed by atoms with van der Waals surface area (Å²) in [5.74, 6) is 0.285. The third-order valence-corrected chi connectivity index (χ3v) is 3.92. The maximum absolute atomic E-state index is 11.8. The molecule has 0 bridgehead atoms. The van der Waals surface area contributed by atoms with Crippen LogP contribution in [0.3, 0.4) is 0 Å². The van der Waals surface area contributed by atoms with Gasteiger partial charge in [0, 0.05) is 31.3 Å². The normalized spacial score (nSPS) is 25.4. The van der Waals surface area contributed by atoms with Gasteiger partial charge >= 0.3 is 6.09 Å². The van der Waals surface area contributed by atoms with Crippen molar-refractivity contribution in [2.24, 2.45) is 11.7 Å². The van der Waals surface area contributed by atoms with E-state index in [0.717, 1.165) is 19.3 Å². The Morgan fingerprint density at radius 1 is 1.43 bits per heavy atom. The molecule has 1 rings (SSSR count). The molecule has 124 valence electrons. The lowest BCUT2D eigenvalue weighted by Crippen LogP contribution is -2.56. The zero-order valence-electron chi connectivity index (χ0n) is 13.7. The minimum Gasteiger partial charge on any atom is -0.444 e. The van der Waals surface area contributed by atoms with Crippen LogP contribution in [-0.2, 0) is 4.74 Å². The van der Waals surface area contributed by atoms with E-state index in [4.69, 9.17) is 10.5 Å². The van der Waals surface area contributed by atoms with E-state index < -0.39 is 11.7 Å². The summed E-state index contributed by atoms with van der Waals surface area (Å²) in [6.07, 6.45) is 2.77. The van der Waals surface area contributed by atoms with Crippen LogP contribution in [0.15, 0.2) is 0 Å². The van der Waals surface area contributed by atoms with Crippen molar-refractivity contribution in [3.8, 4) is 0 Å². The van der Waals surface area contributed by atoms with E-state index in [2.05, 4.69) is 10.6 Å². The zero-order valence-corrected chi connectivity index (χ0v) is 13.7. The summed E-state index contributed by atoms with van der Waals surface area (Å²) >= 11 is 0. The molecule has 21 heavy (non-hydrogen) atoms. The van der Waals surface area contributed by atoms with Crippen LogP contribution in [0.1, 0.15) is 47.0 Å². The Morgan fingerprint density at radius 3 is 2.62 bits per heavy atom. The number of aliphatic hydroxyl groups excluding tert-OH is 1. The Kier molecular flexibility index (Phi) is 6.90. The van der Waals surface area contributed by atoms with Crippen LogP contribution >= 0.6 is 0 Å². The summed E-state index contributed by atoms with van der Waals surface area (Å²) in [7, 11) is 0. The minimum absolute atomic E-state index is 0.0327. The van der Waals surface area contributed by atoms with Gasteiger partial charge in [0.2, 0.25) is 0 Å². The molecule has 1 aliphatic carbocycles. The van der Waals surface area contributed by atoms with Gasteiger partial charge in [0.15, 0.2) is 0 Å². The molecule has 0 aromatic rings. The van der Waals surface area contributed by atoms with Gasteiger partial charge in [0.05, 0.1) is 0 Å². The van der Waals surface area contributed by atoms with E-state index in [-0.39, 0.29) is 30.7 Å². The molecule has 1 aliphatic rings. The molecule has 0 spiro atoms. The number of carbonyl (C=O) groups is 1. The van der Waals surface area contributed by atoms with Crippen molar-refractivity contribution in [3.05, 3.63) is 0 Å². The van der Waals surface area contributed by atoms with Crippen molar-refractivity contribution < 1.29 is 14.6 Å². The molecule has 6 nitrogen and oxygen atoms in total. The van der Waals surface area contributed by atoms with E-state index in [9.17, 15) is 9.90 Å². The number of nitrogens with one attached hydrogen (secondary N) is 2. The van der Waals surface area contributed by atoms with E-state index in [1.165, 1.54) is 0 Å². The highest BCUT2D eigenvalue weighted by molar-refractivity contribution is 5.68. The second-order valence-corrected chi connectivity index (χ2v) is 6.92. The predicted octanol–water partition coefficient (Wildman–Crippen LogP) is 0.978. The molecular weight excluding hydrogens is 270 g/mol. The molecule has 0 aliphatic heterocycles. The number of hydrogen-bond donors (Lipinski definition) is 4. The van der Waals surface area contributed by atoms with Gasteiger partial charge in [-0.1, -0.05) is 6.42 Å². The number of carbonyl (C=O) groups excluding carboxylic acids is 1. The van der Waals surface area contributed by atoms with Crippen LogP contribution in [0, 0.1) is 5.92 Å². The van der Waals surface area contributed by atoms with Crippen LogP contribution in [0.2, 0.25) is 0 Å². The molecule has 1 fully saturated rings. The summed E-state index contributed by atoms with van der Waals surface area (Å²) in [6, 6.07) is 0.103. The summed E-state index contributed by atoms with van der Waals surface area (Å²) in [5.41, 5.74) is 5.31. The van der Waals surface area contributed by atoms with Gasteiger partial charge in [-0.2, -0.15) is 0 Å². The van der Waals surface area contributed by atoms with Crippen molar-refractivity contribution in [2.45, 2.75) is 70.7 Å². The van der Waals surface area contributed by atoms with Crippen LogP contribution in [0.5, 0.6) is 0 Å². The maximum Gasteiger partial charge on any atom is 0.407 e. The second-order valence-electron chi connectivity index (χ2n) is 6.92. The summed E-state index contributed by atoms with van der Waals surface area (Å²) in [4.78, 5) is 11.8. The SMILES string of the molecule is CC(NC(=O)OC(C)(C)C)C(CN)NC1CCCC1CO. The Morgan fingerprint density at radius 2 is 2.10 bits per heavy atom. The maximum atomic E-state index is 11.8. The number of hydrogen-bond acceptors (Lipinski definition) is 5. The first-order chi connectivity index (χ1) is 9.76. The molecule has 1 saturated carbocycles. The highest BCUT2D eigenvalue weighted by atomic mass is 16.6.